The number of benzene rings is 2. The number of hydrogen-bond donors (Lipinski definition) is 1. The summed E-state index contributed by atoms with van der Waals surface area (Å²) < 4.78 is 31.5. The molecule has 0 bridgehead atoms. The van der Waals surface area contributed by atoms with Crippen molar-refractivity contribution in [2.45, 2.75) is 46.0 Å². The third kappa shape index (κ3) is 8.61. The summed E-state index contributed by atoms with van der Waals surface area (Å²) in [6.07, 6.45) is 5.11. The first-order chi connectivity index (χ1) is 14.8. The van der Waals surface area contributed by atoms with Gasteiger partial charge in [-0.15, -0.1) is 0 Å². The van der Waals surface area contributed by atoms with Crippen LogP contribution in [0, 0.1) is 6.92 Å². The Morgan fingerprint density at radius 3 is 2.42 bits per heavy atom. The lowest BCUT2D eigenvalue weighted by Crippen LogP contribution is -2.32. The fourth-order valence-corrected chi connectivity index (χ4v) is 4.20. The van der Waals surface area contributed by atoms with Gasteiger partial charge >= 0.3 is 0 Å². The molecule has 0 aliphatic heterocycles. The van der Waals surface area contributed by atoms with Crippen molar-refractivity contribution in [2.24, 2.45) is 0 Å². The quantitative estimate of drug-likeness (QED) is 0.471. The predicted octanol–water partition coefficient (Wildman–Crippen LogP) is 4.08. The second kappa shape index (κ2) is 12.3. The molecule has 0 saturated carbocycles. The van der Waals surface area contributed by atoms with Gasteiger partial charge in [-0.25, -0.2) is 8.42 Å². The van der Waals surface area contributed by atoms with E-state index in [2.05, 4.69) is 12.2 Å². The molecular formula is C24H34N2O4S. The molecule has 2 aromatic rings. The minimum Gasteiger partial charge on any atom is -0.491 e. The molecule has 7 heteroatoms. The number of unbranched alkanes of at least 4 members (excludes halogenated alkanes) is 1. The van der Waals surface area contributed by atoms with Gasteiger partial charge in [-0.2, -0.15) is 0 Å². The molecular weight excluding hydrogens is 412 g/mol. The average Bonchev–Trinajstić information content (AvgIpc) is 2.73. The van der Waals surface area contributed by atoms with Gasteiger partial charge in [0.25, 0.3) is 0 Å². The van der Waals surface area contributed by atoms with Crippen LogP contribution in [-0.2, 0) is 21.2 Å². The van der Waals surface area contributed by atoms with E-state index in [9.17, 15) is 13.2 Å². The molecule has 1 amide bonds. The topological polar surface area (TPSA) is 75.7 Å². The van der Waals surface area contributed by atoms with Crippen molar-refractivity contribution in [1.82, 2.24) is 5.32 Å². The Bertz CT molecular complexity index is 927. The van der Waals surface area contributed by atoms with Gasteiger partial charge in [0.1, 0.15) is 12.4 Å². The van der Waals surface area contributed by atoms with Crippen LogP contribution in [0.2, 0.25) is 0 Å². The summed E-state index contributed by atoms with van der Waals surface area (Å²) in [5.74, 6) is 0.693. The van der Waals surface area contributed by atoms with E-state index in [1.165, 1.54) is 16.1 Å². The Hall–Kier alpha value is -2.54. The van der Waals surface area contributed by atoms with Gasteiger partial charge in [-0.1, -0.05) is 43.7 Å². The number of carbonyl (C=O) groups is 1. The van der Waals surface area contributed by atoms with Crippen LogP contribution in [0.4, 0.5) is 5.69 Å². The van der Waals surface area contributed by atoms with E-state index in [1.807, 2.05) is 55.5 Å². The lowest BCUT2D eigenvalue weighted by atomic mass is 10.1. The van der Waals surface area contributed by atoms with Crippen molar-refractivity contribution in [3.8, 4) is 5.75 Å². The molecule has 0 spiro atoms. The Morgan fingerprint density at radius 1 is 1.06 bits per heavy atom. The smallest absolute Gasteiger partial charge is 0.232 e. The summed E-state index contributed by atoms with van der Waals surface area (Å²) in [5.41, 5.74) is 2.88. The minimum atomic E-state index is -3.42. The van der Waals surface area contributed by atoms with Crippen molar-refractivity contribution < 1.29 is 17.9 Å². The minimum absolute atomic E-state index is 0.114. The molecule has 6 nitrogen and oxygen atoms in total. The molecule has 2 rings (SSSR count). The fourth-order valence-electron chi connectivity index (χ4n) is 3.24. The highest BCUT2D eigenvalue weighted by molar-refractivity contribution is 7.92. The van der Waals surface area contributed by atoms with Crippen LogP contribution in [-0.4, -0.2) is 40.3 Å². The molecule has 0 heterocycles. The van der Waals surface area contributed by atoms with Gasteiger partial charge in [-0.05, 0) is 55.5 Å². The largest absolute Gasteiger partial charge is 0.491 e. The molecule has 0 fully saturated rings. The molecule has 0 saturated heterocycles. The monoisotopic (exact) mass is 446 g/mol. The number of nitrogens with one attached hydrogen (secondary N) is 1. The summed E-state index contributed by atoms with van der Waals surface area (Å²) >= 11 is 0. The summed E-state index contributed by atoms with van der Waals surface area (Å²) in [6, 6.07) is 15.4. The maximum absolute atomic E-state index is 12.2. The van der Waals surface area contributed by atoms with Crippen LogP contribution in [0.15, 0.2) is 48.5 Å². The lowest BCUT2D eigenvalue weighted by Gasteiger charge is -2.22. The van der Waals surface area contributed by atoms with E-state index in [0.29, 0.717) is 25.3 Å². The summed E-state index contributed by atoms with van der Waals surface area (Å²) in [6.45, 7) is 5.17. The second-order valence-electron chi connectivity index (χ2n) is 7.67. The highest BCUT2D eigenvalue weighted by Gasteiger charge is 2.17. The number of carbonyl (C=O) groups excluding carboxylic acids is 1. The molecule has 0 aliphatic rings. The van der Waals surface area contributed by atoms with Gasteiger partial charge in [0.05, 0.1) is 18.5 Å². The molecule has 0 radical (unpaired) electrons. The van der Waals surface area contributed by atoms with Crippen LogP contribution >= 0.6 is 0 Å². The number of aryl methyl sites for hydroxylation is 2. The SMILES string of the molecule is CCCCc1ccc(N(CCCC(=O)NCCOc2ccccc2C)S(C)(=O)=O)cc1. The van der Waals surface area contributed by atoms with E-state index < -0.39 is 10.0 Å². The normalized spacial score (nSPS) is 11.2. The first-order valence-corrected chi connectivity index (χ1v) is 12.7. The molecule has 2 aromatic carbocycles. The zero-order valence-electron chi connectivity index (χ0n) is 18.8. The maximum Gasteiger partial charge on any atom is 0.232 e. The first-order valence-electron chi connectivity index (χ1n) is 10.8. The number of sulfonamides is 1. The van der Waals surface area contributed by atoms with Crippen molar-refractivity contribution in [3.05, 3.63) is 59.7 Å². The number of ether oxygens (including phenoxy) is 1. The van der Waals surface area contributed by atoms with Gasteiger partial charge < -0.3 is 10.1 Å². The highest BCUT2D eigenvalue weighted by Crippen LogP contribution is 2.20. The van der Waals surface area contributed by atoms with E-state index in [4.69, 9.17) is 4.74 Å². The maximum atomic E-state index is 12.2. The van der Waals surface area contributed by atoms with Crippen molar-refractivity contribution >= 4 is 21.6 Å². The second-order valence-corrected chi connectivity index (χ2v) is 9.58. The van der Waals surface area contributed by atoms with Crippen molar-refractivity contribution in [2.75, 3.05) is 30.3 Å². The molecule has 0 unspecified atom stereocenters. The summed E-state index contributed by atoms with van der Waals surface area (Å²) in [7, 11) is -3.42. The highest BCUT2D eigenvalue weighted by atomic mass is 32.2. The van der Waals surface area contributed by atoms with E-state index in [0.717, 1.165) is 30.6 Å². The number of nitrogens with zero attached hydrogens (tertiary/aromatic N) is 1. The first kappa shape index (κ1) is 24.7. The van der Waals surface area contributed by atoms with Gasteiger partial charge in [0.15, 0.2) is 0 Å². The predicted molar refractivity (Wildman–Crippen MR) is 126 cm³/mol. The molecule has 0 atom stereocenters. The van der Waals surface area contributed by atoms with Crippen LogP contribution in [0.1, 0.15) is 43.7 Å². The third-order valence-corrected chi connectivity index (χ3v) is 6.18. The number of para-hydroxylation sites is 1. The van der Waals surface area contributed by atoms with Gasteiger partial charge in [0.2, 0.25) is 15.9 Å². The molecule has 0 aromatic heterocycles. The Balaban J connectivity index is 1.77. The van der Waals surface area contributed by atoms with Crippen molar-refractivity contribution in [1.29, 1.82) is 0 Å². The van der Waals surface area contributed by atoms with Crippen molar-refractivity contribution in [3.63, 3.8) is 0 Å². The number of hydrogen-bond acceptors (Lipinski definition) is 4. The Kier molecular flexibility index (Phi) is 9.85. The molecule has 0 aliphatic carbocycles. The van der Waals surface area contributed by atoms with E-state index in [-0.39, 0.29) is 18.9 Å². The average molecular weight is 447 g/mol. The van der Waals surface area contributed by atoms with E-state index >= 15 is 0 Å². The van der Waals surface area contributed by atoms with Crippen LogP contribution in [0.3, 0.4) is 0 Å². The molecule has 1 N–H and O–H groups in total. The van der Waals surface area contributed by atoms with Crippen LogP contribution in [0.5, 0.6) is 5.75 Å². The standard InChI is InChI=1S/C24H34N2O4S/c1-4-5-10-21-13-15-22(16-14-21)26(31(3,28)29)18-8-12-24(27)25-17-19-30-23-11-7-6-9-20(23)2/h6-7,9,11,13-16H,4-5,8,10,12,17-19H2,1-3H3,(H,25,27). The summed E-state index contributed by atoms with van der Waals surface area (Å²) in [4.78, 5) is 12.1. The van der Waals surface area contributed by atoms with Gasteiger partial charge in [0, 0.05) is 13.0 Å². The Morgan fingerprint density at radius 2 is 1.77 bits per heavy atom. The zero-order valence-corrected chi connectivity index (χ0v) is 19.6. The van der Waals surface area contributed by atoms with Crippen LogP contribution < -0.4 is 14.4 Å². The number of anilines is 1. The molecule has 170 valence electrons. The molecule has 31 heavy (non-hydrogen) atoms. The fraction of sp³-hybridized carbons (Fsp3) is 0.458. The number of amides is 1. The van der Waals surface area contributed by atoms with Crippen LogP contribution in [0.25, 0.3) is 0 Å². The van der Waals surface area contributed by atoms with Gasteiger partial charge in [-0.3, -0.25) is 9.10 Å². The Labute approximate surface area is 186 Å². The lowest BCUT2D eigenvalue weighted by molar-refractivity contribution is -0.121. The summed E-state index contributed by atoms with van der Waals surface area (Å²) in [5, 5.41) is 2.82. The zero-order chi connectivity index (χ0) is 22.7. The number of rotatable bonds is 13. The third-order valence-electron chi connectivity index (χ3n) is 4.98. The van der Waals surface area contributed by atoms with E-state index in [1.54, 1.807) is 0 Å².